The highest BCUT2D eigenvalue weighted by Gasteiger charge is 2.29. The molecule has 138 valence electrons. The Morgan fingerprint density at radius 3 is 1.88 bits per heavy atom. The van der Waals surface area contributed by atoms with E-state index in [2.05, 4.69) is 10.6 Å². The topological polar surface area (TPSA) is 95.6 Å². The molecule has 2 rings (SSSR count). The molecule has 8 heteroatoms. The Hall–Kier alpha value is -2.87. The average Bonchev–Trinajstić information content (AvgIpc) is 2.56. The molecule has 0 aliphatic heterocycles. The quantitative estimate of drug-likeness (QED) is 0.811. The number of amides is 2. The monoisotopic (exact) mass is 375 g/mol. The second-order valence-electron chi connectivity index (χ2n) is 5.82. The number of carbonyl (C=O) groups is 2. The van der Waals surface area contributed by atoms with Crippen LogP contribution in [0.1, 0.15) is 13.8 Å². The van der Waals surface area contributed by atoms with Crippen LogP contribution in [0.2, 0.25) is 0 Å². The third kappa shape index (κ3) is 5.06. The van der Waals surface area contributed by atoms with Crippen LogP contribution in [0.15, 0.2) is 54.6 Å². The van der Waals surface area contributed by atoms with Gasteiger partial charge in [0.1, 0.15) is 6.04 Å². The minimum absolute atomic E-state index is 0.193. The van der Waals surface area contributed by atoms with Crippen molar-refractivity contribution in [3.63, 3.8) is 0 Å². The summed E-state index contributed by atoms with van der Waals surface area (Å²) >= 11 is 0. The largest absolute Gasteiger partial charge is 0.326 e. The van der Waals surface area contributed by atoms with Crippen molar-refractivity contribution in [2.75, 3.05) is 21.2 Å². The number of carbonyl (C=O) groups excluding carboxylic acids is 2. The van der Waals surface area contributed by atoms with Crippen molar-refractivity contribution in [1.29, 1.82) is 0 Å². The molecule has 0 unspecified atom stereocenters. The predicted octanol–water partition coefficient (Wildman–Crippen LogP) is 2.44. The summed E-state index contributed by atoms with van der Waals surface area (Å²) in [6, 6.07) is 14.1. The summed E-state index contributed by atoms with van der Waals surface area (Å²) in [7, 11) is -3.65. The van der Waals surface area contributed by atoms with Gasteiger partial charge in [0.25, 0.3) is 0 Å². The van der Waals surface area contributed by atoms with Gasteiger partial charge in [-0.1, -0.05) is 18.2 Å². The summed E-state index contributed by atoms with van der Waals surface area (Å²) in [4.78, 5) is 23.6. The molecule has 2 aromatic carbocycles. The van der Waals surface area contributed by atoms with Crippen LogP contribution in [-0.2, 0) is 19.6 Å². The van der Waals surface area contributed by atoms with Crippen molar-refractivity contribution in [3.8, 4) is 0 Å². The molecule has 0 heterocycles. The zero-order chi connectivity index (χ0) is 19.3. The van der Waals surface area contributed by atoms with Gasteiger partial charge in [-0.3, -0.25) is 13.9 Å². The molecule has 0 fully saturated rings. The maximum absolute atomic E-state index is 12.5. The van der Waals surface area contributed by atoms with Gasteiger partial charge in [-0.25, -0.2) is 8.42 Å². The maximum Gasteiger partial charge on any atom is 0.247 e. The number of nitrogens with one attached hydrogen (secondary N) is 2. The molecule has 0 spiro atoms. The highest BCUT2D eigenvalue weighted by atomic mass is 32.2. The van der Waals surface area contributed by atoms with Crippen molar-refractivity contribution >= 4 is 38.9 Å². The van der Waals surface area contributed by atoms with Crippen LogP contribution in [0.3, 0.4) is 0 Å². The Morgan fingerprint density at radius 1 is 0.923 bits per heavy atom. The van der Waals surface area contributed by atoms with Crippen molar-refractivity contribution in [3.05, 3.63) is 54.6 Å². The summed E-state index contributed by atoms with van der Waals surface area (Å²) in [5, 5.41) is 5.32. The molecule has 0 aromatic heterocycles. The normalized spacial score (nSPS) is 12.1. The molecular formula is C18H21N3O4S. The zero-order valence-electron chi connectivity index (χ0n) is 14.8. The van der Waals surface area contributed by atoms with Gasteiger partial charge in [-0.15, -0.1) is 0 Å². The Balaban J connectivity index is 2.17. The molecule has 0 saturated carbocycles. The fourth-order valence-corrected chi connectivity index (χ4v) is 3.65. The van der Waals surface area contributed by atoms with Crippen molar-refractivity contribution < 1.29 is 18.0 Å². The first-order valence-electron chi connectivity index (χ1n) is 7.91. The minimum atomic E-state index is -3.65. The Bertz CT molecular complexity index is 880. The van der Waals surface area contributed by atoms with E-state index in [1.165, 1.54) is 13.8 Å². The summed E-state index contributed by atoms with van der Waals surface area (Å²) < 4.78 is 25.4. The van der Waals surface area contributed by atoms with Gasteiger partial charge in [-0.05, 0) is 43.3 Å². The van der Waals surface area contributed by atoms with Crippen LogP contribution in [0, 0.1) is 0 Å². The van der Waals surface area contributed by atoms with E-state index < -0.39 is 22.0 Å². The molecule has 2 aromatic rings. The second kappa shape index (κ2) is 8.01. The molecule has 1 atom stereocenters. The van der Waals surface area contributed by atoms with Crippen LogP contribution in [0.25, 0.3) is 0 Å². The number of hydrogen-bond donors (Lipinski definition) is 2. The fourth-order valence-electron chi connectivity index (χ4n) is 2.47. The Morgan fingerprint density at radius 2 is 1.42 bits per heavy atom. The number of rotatable bonds is 6. The van der Waals surface area contributed by atoms with Crippen molar-refractivity contribution in [1.82, 2.24) is 0 Å². The van der Waals surface area contributed by atoms with Gasteiger partial charge in [-0.2, -0.15) is 0 Å². The lowest BCUT2D eigenvalue weighted by molar-refractivity contribution is -0.117. The van der Waals surface area contributed by atoms with Crippen molar-refractivity contribution in [2.24, 2.45) is 0 Å². The Labute approximate surface area is 153 Å². The summed E-state index contributed by atoms with van der Waals surface area (Å²) in [6.45, 7) is 2.93. The van der Waals surface area contributed by atoms with Gasteiger partial charge in [0.2, 0.25) is 21.8 Å². The predicted molar refractivity (Wildman–Crippen MR) is 103 cm³/mol. The Kier molecular flexibility index (Phi) is 5.99. The third-order valence-electron chi connectivity index (χ3n) is 3.57. The summed E-state index contributed by atoms with van der Waals surface area (Å²) in [6.07, 6.45) is 1.06. The molecule has 2 N–H and O–H groups in total. The number of para-hydroxylation sites is 1. The number of hydrogen-bond acceptors (Lipinski definition) is 4. The highest BCUT2D eigenvalue weighted by molar-refractivity contribution is 7.92. The average molecular weight is 375 g/mol. The van der Waals surface area contributed by atoms with E-state index in [1.54, 1.807) is 54.6 Å². The number of anilines is 3. The van der Waals surface area contributed by atoms with E-state index in [0.29, 0.717) is 17.1 Å². The third-order valence-corrected chi connectivity index (χ3v) is 4.81. The van der Waals surface area contributed by atoms with Gasteiger partial charge in [0.15, 0.2) is 0 Å². The van der Waals surface area contributed by atoms with Crippen LogP contribution >= 0.6 is 0 Å². The molecule has 26 heavy (non-hydrogen) atoms. The van der Waals surface area contributed by atoms with Gasteiger partial charge >= 0.3 is 0 Å². The van der Waals surface area contributed by atoms with E-state index >= 15 is 0 Å². The second-order valence-corrected chi connectivity index (χ2v) is 7.68. The van der Waals surface area contributed by atoms with Crippen LogP contribution in [-0.4, -0.2) is 32.5 Å². The number of nitrogens with zero attached hydrogens (tertiary/aromatic N) is 1. The molecule has 0 saturated heterocycles. The van der Waals surface area contributed by atoms with E-state index in [0.717, 1.165) is 10.6 Å². The van der Waals surface area contributed by atoms with Crippen molar-refractivity contribution in [2.45, 2.75) is 19.9 Å². The molecule has 0 aliphatic carbocycles. The summed E-state index contributed by atoms with van der Waals surface area (Å²) in [5.41, 5.74) is 1.52. The molecule has 0 aliphatic rings. The highest BCUT2D eigenvalue weighted by Crippen LogP contribution is 2.21. The fraction of sp³-hybridized carbons (Fsp3) is 0.222. The van der Waals surface area contributed by atoms with Crippen LogP contribution in [0.5, 0.6) is 0 Å². The smallest absolute Gasteiger partial charge is 0.247 e. The summed E-state index contributed by atoms with van der Waals surface area (Å²) in [5.74, 6) is -0.659. The lowest BCUT2D eigenvalue weighted by Gasteiger charge is -2.28. The lowest BCUT2D eigenvalue weighted by Crippen LogP contribution is -2.45. The SMILES string of the molecule is CC(=O)Nc1ccc(NC(=O)[C@@H](C)N(c2ccccc2)S(C)(=O)=O)cc1. The van der Waals surface area contributed by atoms with E-state index in [1.807, 2.05) is 0 Å². The first kappa shape index (κ1) is 19.5. The number of sulfonamides is 1. The maximum atomic E-state index is 12.5. The van der Waals surface area contributed by atoms with E-state index in [-0.39, 0.29) is 5.91 Å². The van der Waals surface area contributed by atoms with Gasteiger partial charge in [0.05, 0.1) is 11.9 Å². The zero-order valence-corrected chi connectivity index (χ0v) is 15.6. The molecule has 0 radical (unpaired) electrons. The van der Waals surface area contributed by atoms with Gasteiger partial charge in [0, 0.05) is 18.3 Å². The lowest BCUT2D eigenvalue weighted by atomic mass is 10.2. The first-order chi connectivity index (χ1) is 12.2. The minimum Gasteiger partial charge on any atom is -0.326 e. The van der Waals surface area contributed by atoms with Crippen LogP contribution in [0.4, 0.5) is 17.1 Å². The van der Waals surface area contributed by atoms with Crippen LogP contribution < -0.4 is 14.9 Å². The number of benzene rings is 2. The van der Waals surface area contributed by atoms with E-state index in [9.17, 15) is 18.0 Å². The first-order valence-corrected chi connectivity index (χ1v) is 9.76. The molecular weight excluding hydrogens is 354 g/mol. The van der Waals surface area contributed by atoms with Gasteiger partial charge < -0.3 is 10.6 Å². The molecule has 2 amide bonds. The standard InChI is InChI=1S/C18H21N3O4S/c1-13(21(26(3,24)25)17-7-5-4-6-8-17)18(23)20-16-11-9-15(10-12-16)19-14(2)22/h4-13H,1-3H3,(H,19,22)(H,20,23)/t13-/m1/s1. The van der Waals surface area contributed by atoms with E-state index in [4.69, 9.17) is 0 Å². The molecule has 0 bridgehead atoms. The molecule has 7 nitrogen and oxygen atoms in total.